The maximum absolute atomic E-state index is 13.4. The van der Waals surface area contributed by atoms with E-state index in [1.807, 2.05) is 41.3 Å². The van der Waals surface area contributed by atoms with Gasteiger partial charge in [0.2, 0.25) is 0 Å². The van der Waals surface area contributed by atoms with E-state index >= 15 is 0 Å². The number of carbonyl (C=O) groups is 1. The number of para-hydroxylation sites is 1. The summed E-state index contributed by atoms with van der Waals surface area (Å²) in [4.78, 5) is 17.3. The molecule has 0 bridgehead atoms. The molecule has 2 N–H and O–H groups in total. The molecule has 0 radical (unpaired) electrons. The lowest BCUT2D eigenvalue weighted by Gasteiger charge is -2.38. The van der Waals surface area contributed by atoms with Gasteiger partial charge >= 0.3 is 0 Å². The van der Waals surface area contributed by atoms with Crippen LogP contribution in [0.1, 0.15) is 40.3 Å². The zero-order valence-corrected chi connectivity index (χ0v) is 17.3. The van der Waals surface area contributed by atoms with Gasteiger partial charge in [0.25, 0.3) is 5.91 Å². The average molecular weight is 405 g/mol. The van der Waals surface area contributed by atoms with Crippen LogP contribution in [0, 0.1) is 6.92 Å². The van der Waals surface area contributed by atoms with Crippen molar-refractivity contribution in [3.63, 3.8) is 0 Å². The van der Waals surface area contributed by atoms with Crippen LogP contribution in [0.5, 0.6) is 0 Å². The summed E-state index contributed by atoms with van der Waals surface area (Å²) in [5.74, 6) is 0.716. The van der Waals surface area contributed by atoms with Crippen LogP contribution < -0.4 is 10.2 Å². The molecule has 30 heavy (non-hydrogen) atoms. The van der Waals surface area contributed by atoms with Gasteiger partial charge in [0.1, 0.15) is 11.9 Å². The third-order valence-electron chi connectivity index (χ3n) is 5.59. The lowest BCUT2D eigenvalue weighted by molar-refractivity contribution is 0.0651. The van der Waals surface area contributed by atoms with Crippen LogP contribution in [-0.4, -0.2) is 35.6 Å². The first-order valence-corrected chi connectivity index (χ1v) is 10.3. The fraction of sp³-hybridized carbons (Fsp3) is 0.292. The summed E-state index contributed by atoms with van der Waals surface area (Å²) in [7, 11) is 0. The Morgan fingerprint density at radius 1 is 1.17 bits per heavy atom. The Bertz CT molecular complexity index is 1020. The summed E-state index contributed by atoms with van der Waals surface area (Å²) >= 11 is 0. The molecule has 0 unspecified atom stereocenters. The summed E-state index contributed by atoms with van der Waals surface area (Å²) in [5, 5.41) is 12.9. The van der Waals surface area contributed by atoms with E-state index < -0.39 is 0 Å². The van der Waals surface area contributed by atoms with Crippen molar-refractivity contribution in [3.05, 3.63) is 83.3 Å². The summed E-state index contributed by atoms with van der Waals surface area (Å²) in [5.41, 5.74) is 4.68. The van der Waals surface area contributed by atoms with Gasteiger partial charge in [-0.05, 0) is 61.4 Å². The number of amides is 1. The number of aliphatic hydroxyl groups is 1. The van der Waals surface area contributed by atoms with Gasteiger partial charge in [-0.25, -0.2) is 0 Å². The number of aryl methyl sites for hydroxylation is 1. The normalized spacial score (nSPS) is 15.6. The average Bonchev–Trinajstić information content (AvgIpc) is 3.27. The number of carbonyl (C=O) groups excluding carboxylic acids is 1. The number of anilines is 2. The third-order valence-corrected chi connectivity index (χ3v) is 5.59. The minimum absolute atomic E-state index is 0.0234. The van der Waals surface area contributed by atoms with Crippen LogP contribution >= 0.6 is 0 Å². The van der Waals surface area contributed by atoms with Gasteiger partial charge in [-0.15, -0.1) is 0 Å². The van der Waals surface area contributed by atoms with Gasteiger partial charge in [-0.3, -0.25) is 4.79 Å². The van der Waals surface area contributed by atoms with Gasteiger partial charge in [0, 0.05) is 24.5 Å². The lowest BCUT2D eigenvalue weighted by atomic mass is 9.99. The molecule has 0 spiro atoms. The first kappa shape index (κ1) is 20.0. The number of nitrogens with zero attached hydrogens (tertiary/aromatic N) is 2. The molecule has 1 aliphatic heterocycles. The Labute approximate surface area is 176 Å². The summed E-state index contributed by atoms with van der Waals surface area (Å²) in [6.07, 6.45) is 1.32. The highest BCUT2D eigenvalue weighted by atomic mass is 16.3. The van der Waals surface area contributed by atoms with E-state index in [1.54, 1.807) is 6.26 Å². The van der Waals surface area contributed by atoms with Crippen molar-refractivity contribution >= 4 is 17.3 Å². The highest BCUT2D eigenvalue weighted by Gasteiger charge is 2.34. The summed E-state index contributed by atoms with van der Waals surface area (Å²) in [6.45, 7) is 6.03. The Balaban J connectivity index is 1.72. The number of hydrogen-bond acceptors (Lipinski definition) is 5. The molecule has 0 fully saturated rings. The Hall–Kier alpha value is -3.25. The van der Waals surface area contributed by atoms with Crippen molar-refractivity contribution in [1.82, 2.24) is 4.90 Å². The fourth-order valence-electron chi connectivity index (χ4n) is 4.03. The van der Waals surface area contributed by atoms with E-state index in [0.29, 0.717) is 18.7 Å². The zero-order chi connectivity index (χ0) is 21.1. The second-order valence-electron chi connectivity index (χ2n) is 7.45. The molecular weight excluding hydrogens is 378 g/mol. The molecule has 2 aromatic carbocycles. The molecule has 4 rings (SSSR count). The Morgan fingerprint density at radius 2 is 2.00 bits per heavy atom. The van der Waals surface area contributed by atoms with Gasteiger partial charge in [-0.1, -0.05) is 18.2 Å². The standard InChI is InChI=1S/C24H27N3O3/c1-3-26(12-13-28)18-10-11-20(17(2)15-18)23-25-22-9-5-4-8-21(22)24(29)27(23)16-19-7-6-14-30-19/h4-11,14-15,23,25,28H,3,12-13,16H2,1-2H3/t23-/m1/s1. The molecule has 1 aliphatic rings. The second kappa shape index (κ2) is 8.63. The zero-order valence-electron chi connectivity index (χ0n) is 17.3. The molecule has 6 nitrogen and oxygen atoms in total. The third kappa shape index (κ3) is 3.78. The minimum Gasteiger partial charge on any atom is -0.467 e. The molecule has 2 heterocycles. The molecular formula is C24H27N3O3. The van der Waals surface area contributed by atoms with Crippen molar-refractivity contribution in [2.24, 2.45) is 0 Å². The smallest absolute Gasteiger partial charge is 0.258 e. The van der Waals surface area contributed by atoms with Crippen LogP contribution in [0.4, 0.5) is 11.4 Å². The van der Waals surface area contributed by atoms with Crippen LogP contribution in [0.15, 0.2) is 65.3 Å². The quantitative estimate of drug-likeness (QED) is 0.617. The maximum Gasteiger partial charge on any atom is 0.258 e. The highest BCUT2D eigenvalue weighted by molar-refractivity contribution is 6.01. The van der Waals surface area contributed by atoms with Crippen molar-refractivity contribution in [2.45, 2.75) is 26.6 Å². The van der Waals surface area contributed by atoms with Gasteiger partial charge in [0.15, 0.2) is 0 Å². The first-order chi connectivity index (χ1) is 14.6. The number of nitrogens with one attached hydrogen (secondary N) is 1. The van der Waals surface area contributed by atoms with E-state index in [4.69, 9.17) is 4.42 Å². The van der Waals surface area contributed by atoms with Gasteiger partial charge in [0.05, 0.1) is 25.0 Å². The molecule has 6 heteroatoms. The van der Waals surface area contributed by atoms with Crippen molar-refractivity contribution in [1.29, 1.82) is 0 Å². The number of aliphatic hydroxyl groups excluding tert-OH is 1. The van der Waals surface area contributed by atoms with Crippen LogP contribution in [0.2, 0.25) is 0 Å². The van der Waals surface area contributed by atoms with Crippen LogP contribution in [0.25, 0.3) is 0 Å². The molecule has 1 amide bonds. The number of rotatable bonds is 7. The van der Waals surface area contributed by atoms with Crippen LogP contribution in [-0.2, 0) is 6.54 Å². The number of hydrogen-bond donors (Lipinski definition) is 2. The van der Waals surface area contributed by atoms with E-state index in [-0.39, 0.29) is 18.7 Å². The number of likely N-dealkylation sites (N-methyl/N-ethyl adjacent to an activating group) is 1. The van der Waals surface area contributed by atoms with Crippen molar-refractivity contribution < 1.29 is 14.3 Å². The summed E-state index contributed by atoms with van der Waals surface area (Å²) in [6, 6.07) is 17.6. The van der Waals surface area contributed by atoms with Crippen molar-refractivity contribution in [3.8, 4) is 0 Å². The molecule has 0 aliphatic carbocycles. The fourth-order valence-corrected chi connectivity index (χ4v) is 4.03. The van der Waals surface area contributed by atoms with Crippen LogP contribution in [0.3, 0.4) is 0 Å². The maximum atomic E-state index is 13.4. The highest BCUT2D eigenvalue weighted by Crippen LogP contribution is 2.36. The lowest BCUT2D eigenvalue weighted by Crippen LogP contribution is -2.42. The molecule has 156 valence electrons. The van der Waals surface area contributed by atoms with E-state index in [0.717, 1.165) is 34.8 Å². The minimum atomic E-state index is -0.306. The Kier molecular flexibility index (Phi) is 5.77. The van der Waals surface area contributed by atoms with E-state index in [1.165, 1.54) is 0 Å². The molecule has 1 aromatic heterocycles. The van der Waals surface area contributed by atoms with E-state index in [9.17, 15) is 9.90 Å². The first-order valence-electron chi connectivity index (χ1n) is 10.3. The molecule has 3 aromatic rings. The largest absolute Gasteiger partial charge is 0.467 e. The predicted octanol–water partition coefficient (Wildman–Crippen LogP) is 4.17. The monoisotopic (exact) mass is 405 g/mol. The number of fused-ring (bicyclic) bond motifs is 1. The summed E-state index contributed by atoms with van der Waals surface area (Å²) < 4.78 is 5.53. The van der Waals surface area contributed by atoms with Gasteiger partial charge < -0.3 is 24.6 Å². The van der Waals surface area contributed by atoms with Crippen molar-refractivity contribution in [2.75, 3.05) is 29.9 Å². The number of furan rings is 1. The SMILES string of the molecule is CCN(CCO)c1ccc([C@@H]2Nc3ccccc3C(=O)N2Cc2ccco2)c(C)c1. The van der Waals surface area contributed by atoms with Gasteiger partial charge in [-0.2, -0.15) is 0 Å². The second-order valence-corrected chi connectivity index (χ2v) is 7.45. The van der Waals surface area contributed by atoms with E-state index in [2.05, 4.69) is 42.3 Å². The topological polar surface area (TPSA) is 69.0 Å². The predicted molar refractivity (Wildman–Crippen MR) is 118 cm³/mol. The molecule has 0 saturated heterocycles. The Morgan fingerprint density at radius 3 is 2.70 bits per heavy atom. The molecule has 0 saturated carbocycles. The number of benzene rings is 2. The molecule has 1 atom stereocenters.